The Bertz CT molecular complexity index is 1510. The molecule has 2 heterocycles. The molecule has 1 aliphatic rings. The van der Waals surface area contributed by atoms with E-state index in [0.29, 0.717) is 35.9 Å². The van der Waals surface area contributed by atoms with Crippen molar-refractivity contribution >= 4 is 21.7 Å². The number of hydrogen-bond donors (Lipinski definition) is 3. The summed E-state index contributed by atoms with van der Waals surface area (Å²) in [7, 11) is -3.74. The van der Waals surface area contributed by atoms with Crippen LogP contribution in [-0.4, -0.2) is 41.1 Å². The number of carbonyl (C=O) groups is 1. The summed E-state index contributed by atoms with van der Waals surface area (Å²) in [5.41, 5.74) is 4.15. The Morgan fingerprint density at radius 1 is 1.24 bits per heavy atom. The summed E-state index contributed by atoms with van der Waals surface area (Å²) >= 11 is 0. The van der Waals surface area contributed by atoms with Gasteiger partial charge in [-0.1, -0.05) is 13.5 Å². The minimum atomic E-state index is -3.74. The van der Waals surface area contributed by atoms with Crippen LogP contribution in [0.3, 0.4) is 0 Å². The maximum Gasteiger partial charge on any atom is 0.303 e. The number of aryl methyl sites for hydroxylation is 2. The summed E-state index contributed by atoms with van der Waals surface area (Å²) < 4.78 is 38.9. The number of carboxylic acids is 1. The molecule has 2 aromatic carbocycles. The summed E-state index contributed by atoms with van der Waals surface area (Å²) in [6.45, 7) is 2.26. The molecule has 1 aliphatic carbocycles. The predicted molar refractivity (Wildman–Crippen MR) is 142 cm³/mol. The van der Waals surface area contributed by atoms with Crippen molar-refractivity contribution in [3.8, 4) is 17.2 Å². The monoisotopic (exact) mass is 538 g/mol. The fourth-order valence-electron chi connectivity index (χ4n) is 4.52. The largest absolute Gasteiger partial charge is 0.493 e. The van der Waals surface area contributed by atoms with Crippen LogP contribution in [0.2, 0.25) is 0 Å². The lowest BCUT2D eigenvalue weighted by atomic mass is 9.98. The van der Waals surface area contributed by atoms with Crippen molar-refractivity contribution < 1.29 is 27.5 Å². The lowest BCUT2D eigenvalue weighted by Crippen LogP contribution is -2.13. The Morgan fingerprint density at radius 2 is 2.03 bits per heavy atom. The molecule has 0 saturated carbocycles. The van der Waals surface area contributed by atoms with Gasteiger partial charge >= 0.3 is 5.97 Å². The average Bonchev–Trinajstić information content (AvgIpc) is 3.61. The van der Waals surface area contributed by atoms with E-state index in [1.807, 2.05) is 25.1 Å². The van der Waals surface area contributed by atoms with Gasteiger partial charge in [-0.2, -0.15) is 8.42 Å². The number of nitrogens with one attached hydrogen (secondary N) is 2. The molecule has 1 atom stereocenters. The van der Waals surface area contributed by atoms with E-state index in [0.717, 1.165) is 35.4 Å². The van der Waals surface area contributed by atoms with Gasteiger partial charge < -0.3 is 19.2 Å². The second kappa shape index (κ2) is 11.1. The molecule has 0 bridgehead atoms. The fourth-order valence-corrected chi connectivity index (χ4v) is 5.49. The van der Waals surface area contributed by atoms with Crippen LogP contribution in [0.25, 0.3) is 11.5 Å². The Morgan fingerprint density at radius 3 is 2.74 bits per heavy atom. The van der Waals surface area contributed by atoms with Gasteiger partial charge in [-0.3, -0.25) is 9.52 Å². The van der Waals surface area contributed by atoms with Crippen molar-refractivity contribution in [2.75, 3.05) is 11.3 Å². The van der Waals surface area contributed by atoms with Gasteiger partial charge in [0.05, 0.1) is 31.2 Å². The minimum Gasteiger partial charge on any atom is -0.493 e. The maximum absolute atomic E-state index is 12.3. The van der Waals surface area contributed by atoms with Crippen molar-refractivity contribution in [1.29, 1.82) is 0 Å². The van der Waals surface area contributed by atoms with E-state index in [4.69, 9.17) is 14.3 Å². The summed E-state index contributed by atoms with van der Waals surface area (Å²) in [4.78, 5) is 22.0. The van der Waals surface area contributed by atoms with E-state index in [9.17, 15) is 13.2 Å². The van der Waals surface area contributed by atoms with Gasteiger partial charge in [-0.05, 0) is 73.2 Å². The van der Waals surface area contributed by atoms with Crippen LogP contribution in [0.1, 0.15) is 48.8 Å². The highest BCUT2D eigenvalue weighted by Crippen LogP contribution is 2.37. The number of H-pyrrole nitrogens is 1. The zero-order valence-electron chi connectivity index (χ0n) is 20.1. The number of imidazole rings is 1. The fraction of sp³-hybridized carbons (Fsp3) is 0.296. The lowest BCUT2D eigenvalue weighted by molar-refractivity contribution is -0.137. The number of aliphatic carboxylic acids is 1. The number of aromatic amines is 1. The van der Waals surface area contributed by atoms with Gasteiger partial charge in [0.2, 0.25) is 5.89 Å². The molecule has 0 unspecified atom stereocenters. The summed E-state index contributed by atoms with van der Waals surface area (Å²) in [5, 5.41) is 9.08. The number of carboxylic acid groups (broad SMARTS) is 1. The van der Waals surface area contributed by atoms with Crippen LogP contribution in [-0.2, 0) is 27.7 Å². The number of fused-ring (bicyclic) bond motifs is 1. The summed E-state index contributed by atoms with van der Waals surface area (Å²) in [6, 6.07) is 12.6. The zero-order chi connectivity index (χ0) is 26.0. The normalized spacial score (nSPS) is 14.5. The number of ether oxygens (including phenoxy) is 1. The van der Waals surface area contributed by atoms with Gasteiger partial charge in [-0.25, -0.2) is 9.97 Å². The highest BCUT2D eigenvalue weighted by Gasteiger charge is 2.25. The van der Waals surface area contributed by atoms with Crippen LogP contribution in [0.4, 0.5) is 5.69 Å². The van der Waals surface area contributed by atoms with Crippen LogP contribution in [0.15, 0.2) is 64.4 Å². The lowest BCUT2D eigenvalue weighted by Gasteiger charge is -2.10. The van der Waals surface area contributed by atoms with E-state index in [1.165, 1.54) is 12.5 Å². The molecule has 11 heteroatoms. The number of anilines is 1. The second-order valence-corrected chi connectivity index (χ2v) is 10.6. The van der Waals surface area contributed by atoms with Crippen molar-refractivity contribution in [1.82, 2.24) is 15.0 Å². The first-order chi connectivity index (χ1) is 17.8. The SMILES string of the molecule is C.Cc1oc(-c2ccc(NS(=O)(=O)c3cnc[nH]3)cc2)nc1CCOc1ccc2c(c1)CC[C@H]2CC(=O)O. The first-order valence-electron chi connectivity index (χ1n) is 11.8. The molecule has 0 radical (unpaired) electrons. The molecule has 0 saturated heterocycles. The Balaban J connectivity index is 0.00000336. The highest BCUT2D eigenvalue weighted by molar-refractivity contribution is 7.92. The number of nitrogens with zero attached hydrogens (tertiary/aromatic N) is 2. The molecule has 2 aromatic heterocycles. The number of benzene rings is 2. The van der Waals surface area contributed by atoms with Crippen LogP contribution >= 0.6 is 0 Å². The first kappa shape index (κ1) is 26.9. The summed E-state index contributed by atoms with van der Waals surface area (Å²) in [5.74, 6) is 1.18. The molecule has 5 rings (SSSR count). The van der Waals surface area contributed by atoms with Crippen molar-refractivity contribution in [2.45, 2.75) is 51.0 Å². The third-order valence-corrected chi connectivity index (χ3v) is 7.69. The van der Waals surface area contributed by atoms with Crippen molar-refractivity contribution in [3.05, 3.63) is 77.6 Å². The molecule has 200 valence electrons. The smallest absolute Gasteiger partial charge is 0.303 e. The summed E-state index contributed by atoms with van der Waals surface area (Å²) in [6.07, 6.45) is 4.96. The van der Waals surface area contributed by atoms with E-state index < -0.39 is 16.0 Å². The van der Waals surface area contributed by atoms with E-state index in [-0.39, 0.29) is 24.8 Å². The van der Waals surface area contributed by atoms with E-state index in [1.54, 1.807) is 24.3 Å². The van der Waals surface area contributed by atoms with Crippen LogP contribution < -0.4 is 9.46 Å². The first-order valence-corrected chi connectivity index (χ1v) is 13.3. The molecule has 0 amide bonds. The number of hydrogen-bond acceptors (Lipinski definition) is 7. The highest BCUT2D eigenvalue weighted by atomic mass is 32.2. The van der Waals surface area contributed by atoms with Crippen molar-refractivity contribution in [2.24, 2.45) is 0 Å². The van der Waals surface area contributed by atoms with Gasteiger partial charge in [0.25, 0.3) is 10.0 Å². The van der Waals surface area contributed by atoms with Crippen LogP contribution in [0, 0.1) is 6.92 Å². The molecule has 0 aliphatic heterocycles. The third kappa shape index (κ3) is 5.88. The third-order valence-electron chi connectivity index (χ3n) is 6.38. The zero-order valence-corrected chi connectivity index (χ0v) is 20.9. The Labute approximate surface area is 221 Å². The number of oxazole rings is 1. The second-order valence-electron chi connectivity index (χ2n) is 8.91. The van der Waals surface area contributed by atoms with Gasteiger partial charge in [0.1, 0.15) is 11.5 Å². The van der Waals surface area contributed by atoms with Gasteiger partial charge in [0, 0.05) is 17.7 Å². The topological polar surface area (TPSA) is 147 Å². The molecule has 3 N–H and O–H groups in total. The maximum atomic E-state index is 12.3. The van der Waals surface area contributed by atoms with Crippen LogP contribution in [0.5, 0.6) is 5.75 Å². The number of sulfonamides is 1. The average molecular weight is 539 g/mol. The Kier molecular flexibility index (Phi) is 7.86. The standard InChI is InChI=1S/C26H26N4O6S.CH4/c1-16-23(10-11-35-21-8-9-22-18(12-21)2-3-19(22)13-25(31)32)29-26(36-16)17-4-6-20(7-5-17)30-37(33,34)24-14-27-15-28-24;/h4-9,12,14-15,19,30H,2-3,10-11,13H2,1H3,(H,27,28)(H,31,32);1H4/t19-;/m0./s1. The van der Waals surface area contributed by atoms with E-state index in [2.05, 4.69) is 19.7 Å². The molecule has 10 nitrogen and oxygen atoms in total. The molecular formula is C27H30N4O6S. The Hall–Kier alpha value is -4.12. The number of rotatable bonds is 10. The molecular weight excluding hydrogens is 508 g/mol. The number of aromatic nitrogens is 3. The predicted octanol–water partition coefficient (Wildman–Crippen LogP) is 4.94. The molecule has 38 heavy (non-hydrogen) atoms. The van der Waals surface area contributed by atoms with Gasteiger partial charge in [-0.15, -0.1) is 0 Å². The quantitative estimate of drug-likeness (QED) is 0.257. The van der Waals surface area contributed by atoms with Gasteiger partial charge in [0.15, 0.2) is 5.03 Å². The molecule has 0 spiro atoms. The van der Waals surface area contributed by atoms with E-state index >= 15 is 0 Å². The molecule has 0 fully saturated rings. The van der Waals surface area contributed by atoms with Crippen molar-refractivity contribution in [3.63, 3.8) is 0 Å². The minimum absolute atomic E-state index is 0. The molecule has 4 aromatic rings.